The number of carbonyl (C=O) groups excluding carboxylic acids is 1. The summed E-state index contributed by atoms with van der Waals surface area (Å²) < 4.78 is 2.80. The van der Waals surface area contributed by atoms with Gasteiger partial charge in [0.25, 0.3) is 11.5 Å². The van der Waals surface area contributed by atoms with Gasteiger partial charge < -0.3 is 15.4 Å². The summed E-state index contributed by atoms with van der Waals surface area (Å²) in [6, 6.07) is 6.45. The van der Waals surface area contributed by atoms with Crippen LogP contribution in [0.3, 0.4) is 0 Å². The van der Waals surface area contributed by atoms with Crippen molar-refractivity contribution >= 4 is 22.6 Å². The van der Waals surface area contributed by atoms with Gasteiger partial charge in [0.05, 0.1) is 10.9 Å². The number of aryl methyl sites for hydroxylation is 1. The molecule has 0 saturated carbocycles. The van der Waals surface area contributed by atoms with E-state index in [2.05, 4.69) is 4.98 Å². The van der Waals surface area contributed by atoms with Gasteiger partial charge in [-0.3, -0.25) is 19.4 Å². The first-order valence-electron chi connectivity index (χ1n) is 7.05. The Morgan fingerprint density at radius 2 is 2.17 bits per heavy atom. The normalized spacial score (nSPS) is 11.2. The Labute approximate surface area is 129 Å². The summed E-state index contributed by atoms with van der Waals surface area (Å²) in [5.41, 5.74) is 5.54. The quantitative estimate of drug-likeness (QED) is 0.567. The number of pyridine rings is 2. The highest BCUT2D eigenvalue weighted by Gasteiger charge is 2.15. The fraction of sp³-hybridized carbons (Fsp3) is 0.200. The van der Waals surface area contributed by atoms with Crippen molar-refractivity contribution in [1.82, 2.24) is 14.0 Å². The molecule has 118 valence electrons. The summed E-state index contributed by atoms with van der Waals surface area (Å²) in [6.45, 7) is 0.170. The maximum Gasteiger partial charge on any atom is 0.267 e. The lowest BCUT2D eigenvalue weighted by molar-refractivity contribution is 0.0998. The number of hydrogen-bond donors (Lipinski definition) is 3. The van der Waals surface area contributed by atoms with E-state index in [1.165, 1.54) is 15.0 Å². The number of rotatable bonds is 4. The number of nitrogens with two attached hydrogens (primary N) is 1. The van der Waals surface area contributed by atoms with E-state index in [0.717, 1.165) is 0 Å². The van der Waals surface area contributed by atoms with Crippen LogP contribution in [0.15, 0.2) is 35.3 Å². The van der Waals surface area contributed by atoms with Crippen molar-refractivity contribution in [3.63, 3.8) is 0 Å². The molecule has 0 spiro atoms. The molecule has 0 fully saturated rings. The van der Waals surface area contributed by atoms with Gasteiger partial charge in [-0.25, -0.2) is 4.98 Å². The molecule has 8 nitrogen and oxygen atoms in total. The monoisotopic (exact) mass is 313 g/mol. The minimum absolute atomic E-state index is 0.0507. The molecule has 0 bridgehead atoms. The lowest BCUT2D eigenvalue weighted by atomic mass is 10.2. The lowest BCUT2D eigenvalue weighted by Gasteiger charge is -2.13. The van der Waals surface area contributed by atoms with Gasteiger partial charge in [0.15, 0.2) is 0 Å². The van der Waals surface area contributed by atoms with E-state index >= 15 is 0 Å². The number of nitrogens with one attached hydrogen (secondary N) is 1. The third-order valence-electron chi connectivity index (χ3n) is 3.62. The van der Waals surface area contributed by atoms with Crippen LogP contribution in [0.25, 0.3) is 16.7 Å². The smallest absolute Gasteiger partial charge is 0.267 e. The van der Waals surface area contributed by atoms with Crippen LogP contribution in [0, 0.1) is 5.41 Å². The van der Waals surface area contributed by atoms with Gasteiger partial charge in [-0.05, 0) is 24.6 Å². The number of fused-ring (bicyclic) bond motifs is 2. The minimum atomic E-state index is -0.785. The molecule has 3 aromatic rings. The zero-order valence-corrected chi connectivity index (χ0v) is 12.2. The Balaban J connectivity index is 2.50. The average Bonchev–Trinajstić information content (AvgIpc) is 2.54. The van der Waals surface area contributed by atoms with E-state index in [0.29, 0.717) is 17.7 Å². The molecular formula is C15H15N5O3. The number of aliphatic hydroxyl groups is 1. The van der Waals surface area contributed by atoms with E-state index < -0.39 is 5.91 Å². The van der Waals surface area contributed by atoms with Crippen LogP contribution >= 0.6 is 0 Å². The number of primary amides is 1. The zero-order valence-electron chi connectivity index (χ0n) is 12.2. The van der Waals surface area contributed by atoms with Crippen molar-refractivity contribution in [2.24, 2.45) is 5.73 Å². The molecule has 0 atom stereocenters. The molecule has 0 saturated heterocycles. The van der Waals surface area contributed by atoms with Crippen molar-refractivity contribution in [2.45, 2.75) is 13.0 Å². The van der Waals surface area contributed by atoms with Crippen LogP contribution in [-0.2, 0) is 6.54 Å². The SMILES string of the molecule is N=c1c(C(N)=O)cc2c(=O)n3ccccc3nc2n1CCCO. The standard InChI is InChI=1S/C15H15N5O3/c16-12-9(13(17)22)8-10-14(20(12)6-3-7-21)18-11-4-1-2-5-19(11)15(10)23/h1-2,4-5,8,16,21H,3,6-7H2,(H2,17,22). The van der Waals surface area contributed by atoms with E-state index in [-0.39, 0.29) is 35.1 Å². The van der Waals surface area contributed by atoms with Gasteiger partial charge in [0, 0.05) is 19.3 Å². The van der Waals surface area contributed by atoms with Gasteiger partial charge in [-0.1, -0.05) is 6.07 Å². The zero-order chi connectivity index (χ0) is 16.6. The summed E-state index contributed by atoms with van der Waals surface area (Å²) in [4.78, 5) is 28.6. The number of amides is 1. The summed E-state index contributed by atoms with van der Waals surface area (Å²) in [7, 11) is 0. The topological polar surface area (TPSA) is 126 Å². The molecule has 3 rings (SSSR count). The highest BCUT2D eigenvalue weighted by Crippen LogP contribution is 2.10. The van der Waals surface area contributed by atoms with Crippen LogP contribution in [0.5, 0.6) is 0 Å². The van der Waals surface area contributed by atoms with Gasteiger partial charge in [0.1, 0.15) is 16.8 Å². The Morgan fingerprint density at radius 3 is 2.87 bits per heavy atom. The Hall–Kier alpha value is -3.00. The Kier molecular flexibility index (Phi) is 3.67. The Morgan fingerprint density at radius 1 is 1.39 bits per heavy atom. The van der Waals surface area contributed by atoms with Gasteiger partial charge in [0.2, 0.25) is 0 Å². The summed E-state index contributed by atoms with van der Waals surface area (Å²) in [6.07, 6.45) is 1.95. The lowest BCUT2D eigenvalue weighted by Crippen LogP contribution is -2.32. The second-order valence-corrected chi connectivity index (χ2v) is 5.08. The van der Waals surface area contributed by atoms with Crippen LogP contribution in [0.2, 0.25) is 0 Å². The fourth-order valence-corrected chi connectivity index (χ4v) is 2.52. The number of carbonyl (C=O) groups is 1. The maximum absolute atomic E-state index is 12.6. The molecule has 0 unspecified atom stereocenters. The molecule has 23 heavy (non-hydrogen) atoms. The molecule has 8 heteroatoms. The van der Waals surface area contributed by atoms with Crippen molar-refractivity contribution in [2.75, 3.05) is 6.61 Å². The van der Waals surface area contributed by atoms with Crippen LogP contribution < -0.4 is 16.8 Å². The highest BCUT2D eigenvalue weighted by atomic mass is 16.3. The molecule has 0 aliphatic rings. The third kappa shape index (κ3) is 2.38. The molecule has 3 aromatic heterocycles. The van der Waals surface area contributed by atoms with Crippen LogP contribution in [-0.4, -0.2) is 31.6 Å². The summed E-state index contributed by atoms with van der Waals surface area (Å²) >= 11 is 0. The number of nitrogens with zero attached hydrogens (tertiary/aromatic N) is 3. The average molecular weight is 313 g/mol. The molecule has 4 N–H and O–H groups in total. The summed E-state index contributed by atoms with van der Waals surface area (Å²) in [5.74, 6) is -0.785. The molecule has 0 aliphatic heterocycles. The second kappa shape index (κ2) is 5.65. The molecule has 3 heterocycles. The van der Waals surface area contributed by atoms with E-state index in [1.807, 2.05) is 0 Å². The summed E-state index contributed by atoms with van der Waals surface area (Å²) in [5, 5.41) is 17.4. The van der Waals surface area contributed by atoms with Gasteiger partial charge in [-0.15, -0.1) is 0 Å². The maximum atomic E-state index is 12.6. The Bertz CT molecular complexity index is 1030. The largest absolute Gasteiger partial charge is 0.396 e. The number of hydrogen-bond acceptors (Lipinski definition) is 5. The first kappa shape index (κ1) is 14.9. The van der Waals surface area contributed by atoms with Crippen molar-refractivity contribution in [3.8, 4) is 0 Å². The molecule has 0 radical (unpaired) electrons. The van der Waals surface area contributed by atoms with E-state index in [9.17, 15) is 9.59 Å². The van der Waals surface area contributed by atoms with Gasteiger partial charge >= 0.3 is 0 Å². The molecular weight excluding hydrogens is 298 g/mol. The fourth-order valence-electron chi connectivity index (χ4n) is 2.52. The molecule has 0 aliphatic carbocycles. The van der Waals surface area contributed by atoms with Gasteiger partial charge in [-0.2, -0.15) is 0 Å². The number of aromatic nitrogens is 3. The third-order valence-corrected chi connectivity index (χ3v) is 3.62. The van der Waals surface area contributed by atoms with Crippen LogP contribution in [0.4, 0.5) is 0 Å². The predicted molar refractivity (Wildman–Crippen MR) is 83.0 cm³/mol. The van der Waals surface area contributed by atoms with E-state index in [4.69, 9.17) is 16.2 Å². The molecule has 1 amide bonds. The number of aliphatic hydroxyl groups excluding tert-OH is 1. The van der Waals surface area contributed by atoms with Crippen molar-refractivity contribution in [1.29, 1.82) is 5.41 Å². The van der Waals surface area contributed by atoms with Crippen LogP contribution in [0.1, 0.15) is 16.8 Å². The predicted octanol–water partition coefficient (Wildman–Crippen LogP) is -0.390. The highest BCUT2D eigenvalue weighted by molar-refractivity contribution is 5.95. The van der Waals surface area contributed by atoms with Crippen molar-refractivity contribution in [3.05, 3.63) is 51.9 Å². The van der Waals surface area contributed by atoms with Crippen molar-refractivity contribution < 1.29 is 9.90 Å². The first-order valence-corrected chi connectivity index (χ1v) is 7.05. The second-order valence-electron chi connectivity index (χ2n) is 5.08. The minimum Gasteiger partial charge on any atom is -0.396 e. The first-order chi connectivity index (χ1) is 11.0. The molecule has 0 aromatic carbocycles. The van der Waals surface area contributed by atoms with E-state index in [1.54, 1.807) is 24.4 Å².